The van der Waals surface area contributed by atoms with Gasteiger partial charge in [-0.15, -0.1) is 0 Å². The quantitative estimate of drug-likeness (QED) is 0.604. The van der Waals surface area contributed by atoms with Crippen molar-refractivity contribution in [2.45, 2.75) is 19.1 Å². The molecule has 4 rings (SSSR count). The van der Waals surface area contributed by atoms with Crippen LogP contribution in [0.2, 0.25) is 0 Å². The van der Waals surface area contributed by atoms with Crippen LogP contribution in [0.5, 0.6) is 0 Å². The van der Waals surface area contributed by atoms with E-state index < -0.39 is 11.5 Å². The zero-order valence-electron chi connectivity index (χ0n) is 15.3. The number of aliphatic hydroxyl groups is 1. The van der Waals surface area contributed by atoms with Gasteiger partial charge in [-0.1, -0.05) is 69.9 Å². The minimum absolute atomic E-state index is 0.378. The molecule has 1 unspecified atom stereocenters. The highest BCUT2D eigenvalue weighted by molar-refractivity contribution is 9.10. The Morgan fingerprint density at radius 1 is 1.04 bits per heavy atom. The minimum Gasteiger partial charge on any atom is -0.366 e. The van der Waals surface area contributed by atoms with E-state index in [1.54, 1.807) is 11.0 Å². The first-order chi connectivity index (χ1) is 13.5. The number of hydrogen-bond acceptors (Lipinski definition) is 2. The lowest BCUT2D eigenvalue weighted by atomic mass is 9.95. The lowest BCUT2D eigenvalue weighted by Gasteiger charge is -2.19. The molecule has 3 aromatic rings. The molecule has 1 amide bonds. The van der Waals surface area contributed by atoms with E-state index in [4.69, 9.17) is 0 Å². The molecule has 0 aromatic heterocycles. The van der Waals surface area contributed by atoms with Crippen LogP contribution >= 0.6 is 15.9 Å². The second-order valence-corrected chi connectivity index (χ2v) is 7.78. The normalized spacial score (nSPS) is 17.8. The number of halogens is 1. The number of fused-ring (bicyclic) bond motifs is 1. The number of carbonyl (C=O) groups is 1. The van der Waals surface area contributed by atoms with Gasteiger partial charge in [0.25, 0.3) is 5.91 Å². The molecule has 1 atom stereocenters. The largest absolute Gasteiger partial charge is 0.366 e. The Hall–Kier alpha value is -2.87. The van der Waals surface area contributed by atoms with Crippen LogP contribution in [0.1, 0.15) is 22.3 Å². The second-order valence-electron chi connectivity index (χ2n) is 6.86. The summed E-state index contributed by atoms with van der Waals surface area (Å²) >= 11 is 3.44. The van der Waals surface area contributed by atoms with E-state index in [9.17, 15) is 9.90 Å². The summed E-state index contributed by atoms with van der Waals surface area (Å²) in [6.45, 7) is 2.38. The number of anilines is 1. The van der Waals surface area contributed by atoms with Gasteiger partial charge in [-0.25, -0.2) is 0 Å². The van der Waals surface area contributed by atoms with Crippen molar-refractivity contribution in [3.05, 3.63) is 99.5 Å². The minimum atomic E-state index is -1.88. The van der Waals surface area contributed by atoms with Crippen molar-refractivity contribution in [1.29, 1.82) is 0 Å². The molecule has 0 radical (unpaired) electrons. The highest BCUT2D eigenvalue weighted by Crippen LogP contribution is 2.42. The first kappa shape index (κ1) is 18.5. The summed E-state index contributed by atoms with van der Waals surface area (Å²) in [5.41, 5.74) is 2.17. The standard InChI is InChI=1S/C24H18BrNO2/c1-17-7-9-18(10-8-17)13-14-24(28)21-15-20(25)11-12-22(21)26(23(24)27)16-19-5-3-2-4-6-19/h2-12,15,28H,16H2,1H3. The maximum atomic E-state index is 13.2. The Bertz CT molecular complexity index is 1100. The molecule has 0 fully saturated rings. The van der Waals surface area contributed by atoms with Gasteiger partial charge in [0.1, 0.15) is 0 Å². The van der Waals surface area contributed by atoms with Crippen molar-refractivity contribution in [3.63, 3.8) is 0 Å². The van der Waals surface area contributed by atoms with Crippen molar-refractivity contribution in [3.8, 4) is 11.8 Å². The molecular formula is C24H18BrNO2. The number of aryl methyl sites for hydroxylation is 1. The summed E-state index contributed by atoms with van der Waals surface area (Å²) in [5, 5.41) is 11.3. The van der Waals surface area contributed by atoms with Crippen molar-refractivity contribution in [2.24, 2.45) is 0 Å². The van der Waals surface area contributed by atoms with E-state index in [0.29, 0.717) is 17.8 Å². The molecule has 4 heteroatoms. The molecule has 0 bridgehead atoms. The third-order valence-electron chi connectivity index (χ3n) is 4.82. The van der Waals surface area contributed by atoms with Gasteiger partial charge in [-0.2, -0.15) is 0 Å². The van der Waals surface area contributed by atoms with Crippen LogP contribution in [0.4, 0.5) is 5.69 Å². The first-order valence-corrected chi connectivity index (χ1v) is 9.75. The monoisotopic (exact) mass is 431 g/mol. The van der Waals surface area contributed by atoms with Gasteiger partial charge in [0.15, 0.2) is 0 Å². The number of carbonyl (C=O) groups excluding carboxylic acids is 1. The Balaban J connectivity index is 1.77. The number of nitrogens with zero attached hydrogens (tertiary/aromatic N) is 1. The molecule has 3 aromatic carbocycles. The molecule has 3 nitrogen and oxygen atoms in total. The molecule has 0 aliphatic carbocycles. The summed E-state index contributed by atoms with van der Waals surface area (Å²) in [7, 11) is 0. The van der Waals surface area contributed by atoms with E-state index in [1.807, 2.05) is 73.7 Å². The SMILES string of the molecule is Cc1ccc(C#CC2(O)C(=O)N(Cc3ccccc3)c3ccc(Br)cc32)cc1. The van der Waals surface area contributed by atoms with Gasteiger partial charge in [0, 0.05) is 15.6 Å². The predicted octanol–water partition coefficient (Wildman–Crippen LogP) is 4.54. The van der Waals surface area contributed by atoms with Crippen molar-refractivity contribution in [2.75, 3.05) is 4.90 Å². The Kier molecular flexibility index (Phi) is 4.80. The lowest BCUT2D eigenvalue weighted by molar-refractivity contribution is -0.130. The first-order valence-electron chi connectivity index (χ1n) is 8.95. The van der Waals surface area contributed by atoms with Gasteiger partial charge in [0.2, 0.25) is 5.60 Å². The molecule has 1 aliphatic heterocycles. The topological polar surface area (TPSA) is 40.5 Å². The van der Waals surface area contributed by atoms with Gasteiger partial charge < -0.3 is 10.0 Å². The maximum absolute atomic E-state index is 13.2. The fraction of sp³-hybridized carbons (Fsp3) is 0.125. The highest BCUT2D eigenvalue weighted by Gasteiger charge is 2.49. The van der Waals surface area contributed by atoms with E-state index in [0.717, 1.165) is 21.2 Å². The van der Waals surface area contributed by atoms with Crippen LogP contribution in [0, 0.1) is 18.8 Å². The zero-order valence-corrected chi connectivity index (χ0v) is 16.9. The van der Waals surface area contributed by atoms with Crippen LogP contribution in [-0.4, -0.2) is 11.0 Å². The molecule has 0 saturated carbocycles. The molecule has 1 aliphatic rings. The van der Waals surface area contributed by atoms with Crippen LogP contribution in [-0.2, 0) is 16.9 Å². The molecule has 1 N–H and O–H groups in total. The smallest absolute Gasteiger partial charge is 0.276 e. The van der Waals surface area contributed by atoms with Crippen molar-refractivity contribution < 1.29 is 9.90 Å². The van der Waals surface area contributed by atoms with Crippen LogP contribution < -0.4 is 4.90 Å². The highest BCUT2D eigenvalue weighted by atomic mass is 79.9. The summed E-state index contributed by atoms with van der Waals surface area (Å²) < 4.78 is 0.788. The van der Waals surface area contributed by atoms with Crippen molar-refractivity contribution in [1.82, 2.24) is 0 Å². The maximum Gasteiger partial charge on any atom is 0.276 e. The van der Waals surface area contributed by atoms with Gasteiger partial charge in [0.05, 0.1) is 12.2 Å². The summed E-state index contributed by atoms with van der Waals surface area (Å²) in [6.07, 6.45) is 0. The third-order valence-corrected chi connectivity index (χ3v) is 5.31. The zero-order chi connectivity index (χ0) is 19.7. The fourth-order valence-corrected chi connectivity index (χ4v) is 3.66. The Labute approximate surface area is 172 Å². The van der Waals surface area contributed by atoms with E-state index in [-0.39, 0.29) is 0 Å². The number of benzene rings is 3. The van der Waals surface area contributed by atoms with Crippen LogP contribution in [0.3, 0.4) is 0 Å². The third kappa shape index (κ3) is 3.35. The van der Waals surface area contributed by atoms with E-state index in [2.05, 4.69) is 27.8 Å². The number of rotatable bonds is 2. The van der Waals surface area contributed by atoms with Crippen molar-refractivity contribution >= 4 is 27.5 Å². The molecular weight excluding hydrogens is 414 g/mol. The number of hydrogen-bond donors (Lipinski definition) is 1. The molecule has 0 saturated heterocycles. The van der Waals surface area contributed by atoms with Crippen LogP contribution in [0.25, 0.3) is 0 Å². The Morgan fingerprint density at radius 2 is 1.75 bits per heavy atom. The average Bonchev–Trinajstić information content (AvgIpc) is 2.90. The molecule has 138 valence electrons. The molecule has 1 heterocycles. The number of amides is 1. The van der Waals surface area contributed by atoms with Gasteiger partial charge >= 0.3 is 0 Å². The fourth-order valence-electron chi connectivity index (χ4n) is 3.30. The molecule has 28 heavy (non-hydrogen) atoms. The van der Waals surface area contributed by atoms with E-state index >= 15 is 0 Å². The molecule has 0 spiro atoms. The summed E-state index contributed by atoms with van der Waals surface area (Å²) in [6, 6.07) is 22.9. The Morgan fingerprint density at radius 3 is 2.46 bits per heavy atom. The lowest BCUT2D eigenvalue weighted by Crippen LogP contribution is -2.39. The predicted molar refractivity (Wildman–Crippen MR) is 114 cm³/mol. The average molecular weight is 432 g/mol. The second kappa shape index (κ2) is 7.27. The summed E-state index contributed by atoms with van der Waals surface area (Å²) in [5.74, 6) is 5.38. The van der Waals surface area contributed by atoms with Gasteiger partial charge in [-0.05, 0) is 48.7 Å². The van der Waals surface area contributed by atoms with Gasteiger partial charge in [-0.3, -0.25) is 4.79 Å². The van der Waals surface area contributed by atoms with E-state index in [1.165, 1.54) is 0 Å². The summed E-state index contributed by atoms with van der Waals surface area (Å²) in [4.78, 5) is 14.8. The van der Waals surface area contributed by atoms with Crippen LogP contribution in [0.15, 0.2) is 77.3 Å².